The molecule has 0 N–H and O–H groups in total. The van der Waals surface area contributed by atoms with E-state index < -0.39 is 49.2 Å². The topological polar surface area (TPSA) is 98.7 Å². The Balaban J connectivity index is 2.73. The maximum atomic E-state index is 13.0. The van der Waals surface area contributed by atoms with Crippen molar-refractivity contribution in [3.63, 3.8) is 0 Å². The minimum Gasteiger partial charge on any atom is -0.544 e. The molecular weight excluding hydrogens is 416 g/mol. The van der Waals surface area contributed by atoms with Crippen LogP contribution in [0, 0.1) is 0 Å². The molecule has 0 aliphatic carbocycles. The molecule has 6 nitrogen and oxygen atoms in total. The fourth-order valence-corrected chi connectivity index (χ4v) is 1.50. The molecule has 0 unspecified atom stereocenters. The van der Waals surface area contributed by atoms with E-state index in [-0.39, 0.29) is 11.1 Å². The fraction of sp³-hybridized carbons (Fsp3) is 0.429. The van der Waals surface area contributed by atoms with E-state index in [1.807, 2.05) is 0 Å². The number of carboxylic acid groups (broad SMARTS) is 2. The number of rotatable bonds is 10. The highest BCUT2D eigenvalue weighted by molar-refractivity contribution is 5.74. The van der Waals surface area contributed by atoms with Gasteiger partial charge in [0.05, 0.1) is 13.2 Å². The smallest absolute Gasteiger partial charge is 0.425 e. The monoisotopic (exact) mass is 424 g/mol. The first kappa shape index (κ1) is 23.6. The average Bonchev–Trinajstić information content (AvgIpc) is 2.58. The number of benzene rings is 1. The molecule has 0 bridgehead atoms. The lowest BCUT2D eigenvalue weighted by atomic mass is 10.1. The van der Waals surface area contributed by atoms with Crippen molar-refractivity contribution in [2.45, 2.75) is 37.3 Å². The van der Waals surface area contributed by atoms with Crippen molar-refractivity contribution in [3.8, 4) is 0 Å². The van der Waals surface area contributed by atoms with Gasteiger partial charge in [0.1, 0.15) is 11.9 Å². The summed E-state index contributed by atoms with van der Waals surface area (Å²) in [5, 5.41) is 20.0. The summed E-state index contributed by atoms with van der Waals surface area (Å²) in [4.78, 5) is 20.0. The van der Waals surface area contributed by atoms with Crippen molar-refractivity contribution in [2.24, 2.45) is 0 Å². The van der Waals surface area contributed by atoms with Crippen molar-refractivity contribution in [1.82, 2.24) is 0 Å². The van der Waals surface area contributed by atoms with E-state index in [2.05, 4.69) is 9.47 Å². The Morgan fingerprint density at radius 2 is 0.929 bits per heavy atom. The molecule has 1 aromatic carbocycles. The minimum atomic E-state index is -5.63. The van der Waals surface area contributed by atoms with E-state index in [1.165, 1.54) is 0 Å². The predicted octanol–water partition coefficient (Wildman–Crippen LogP) is 0.676. The zero-order chi connectivity index (χ0) is 22.0. The summed E-state index contributed by atoms with van der Waals surface area (Å²) in [7, 11) is 0. The summed E-state index contributed by atoms with van der Waals surface area (Å²) in [6.45, 7) is -2.48. The summed E-state index contributed by atoms with van der Waals surface area (Å²) in [5.74, 6) is -18.0. The SMILES string of the molecule is O=C([O-])C(F)(F)C(F)(F)OCc1ccc(COC(F)(F)C(F)(F)C(=O)[O-])cc1. The van der Waals surface area contributed by atoms with Crippen molar-refractivity contribution >= 4 is 11.9 Å². The average molecular weight is 424 g/mol. The first-order valence-electron chi connectivity index (χ1n) is 6.84. The van der Waals surface area contributed by atoms with Crippen molar-refractivity contribution < 1.29 is 64.4 Å². The van der Waals surface area contributed by atoms with Gasteiger partial charge in [-0.15, -0.1) is 0 Å². The van der Waals surface area contributed by atoms with Crippen LogP contribution in [0.25, 0.3) is 0 Å². The summed E-state index contributed by atoms with van der Waals surface area (Å²) in [5.41, 5.74) is -0.520. The van der Waals surface area contributed by atoms with E-state index in [9.17, 15) is 54.9 Å². The molecule has 0 heterocycles. The van der Waals surface area contributed by atoms with Gasteiger partial charge in [-0.1, -0.05) is 24.3 Å². The Hall–Kier alpha value is -2.48. The molecule has 0 spiro atoms. The molecular formula is C14H8F8O6-2. The molecule has 1 rings (SSSR count). The van der Waals surface area contributed by atoms with Gasteiger partial charge in [-0.2, -0.15) is 35.1 Å². The van der Waals surface area contributed by atoms with Crippen LogP contribution in [0.1, 0.15) is 11.1 Å². The molecule has 0 aliphatic rings. The molecule has 14 heteroatoms. The highest BCUT2D eigenvalue weighted by Crippen LogP contribution is 2.36. The van der Waals surface area contributed by atoms with Gasteiger partial charge < -0.3 is 29.3 Å². The zero-order valence-electron chi connectivity index (χ0n) is 13.2. The van der Waals surface area contributed by atoms with Gasteiger partial charge in [-0.3, -0.25) is 0 Å². The van der Waals surface area contributed by atoms with Gasteiger partial charge in [-0.25, -0.2) is 0 Å². The summed E-state index contributed by atoms with van der Waals surface area (Å²) in [6.07, 6.45) is -10.8. The van der Waals surface area contributed by atoms with E-state index in [4.69, 9.17) is 0 Å². The number of hydrogen-bond acceptors (Lipinski definition) is 6. The number of alkyl halides is 8. The van der Waals surface area contributed by atoms with Gasteiger partial charge in [0.15, 0.2) is 0 Å². The lowest BCUT2D eigenvalue weighted by molar-refractivity contribution is -0.391. The van der Waals surface area contributed by atoms with E-state index >= 15 is 0 Å². The van der Waals surface area contributed by atoms with Crippen LogP contribution >= 0.6 is 0 Å². The van der Waals surface area contributed by atoms with Gasteiger partial charge in [0.2, 0.25) is 0 Å². The molecule has 28 heavy (non-hydrogen) atoms. The predicted molar refractivity (Wildman–Crippen MR) is 65.8 cm³/mol. The Morgan fingerprint density at radius 3 is 1.14 bits per heavy atom. The second-order valence-electron chi connectivity index (χ2n) is 5.15. The molecule has 0 atom stereocenters. The minimum absolute atomic E-state index is 0.260. The number of halogens is 8. The third kappa shape index (κ3) is 4.86. The summed E-state index contributed by atoms with van der Waals surface area (Å²) < 4.78 is 110. The number of aliphatic carboxylic acids is 2. The quantitative estimate of drug-likeness (QED) is 0.513. The molecule has 0 aliphatic heterocycles. The van der Waals surface area contributed by atoms with Gasteiger partial charge >= 0.3 is 24.1 Å². The van der Waals surface area contributed by atoms with Gasteiger partial charge in [0, 0.05) is 0 Å². The molecule has 0 aromatic heterocycles. The molecule has 0 fully saturated rings. The molecule has 1 aromatic rings. The van der Waals surface area contributed by atoms with Crippen LogP contribution in [0.2, 0.25) is 0 Å². The normalized spacial score (nSPS) is 13.4. The second kappa shape index (κ2) is 7.87. The van der Waals surface area contributed by atoms with Crippen LogP contribution in [0.5, 0.6) is 0 Å². The third-order valence-electron chi connectivity index (χ3n) is 3.11. The first-order valence-corrected chi connectivity index (χ1v) is 6.84. The molecule has 0 saturated heterocycles. The Morgan fingerprint density at radius 1 is 0.679 bits per heavy atom. The Kier molecular flexibility index (Phi) is 6.62. The zero-order valence-corrected chi connectivity index (χ0v) is 13.2. The van der Waals surface area contributed by atoms with E-state index in [0.717, 1.165) is 24.3 Å². The lowest BCUT2D eigenvalue weighted by Gasteiger charge is -2.27. The van der Waals surface area contributed by atoms with Gasteiger partial charge in [-0.05, 0) is 11.1 Å². The van der Waals surface area contributed by atoms with Crippen LogP contribution in [0.3, 0.4) is 0 Å². The highest BCUT2D eigenvalue weighted by Gasteiger charge is 2.60. The molecule has 0 amide bonds. The molecule has 158 valence electrons. The van der Waals surface area contributed by atoms with Crippen LogP contribution in [0.4, 0.5) is 35.1 Å². The standard InChI is InChI=1S/C14H10F8O6/c15-11(16,9(23)24)13(19,20)27-5-7-1-2-8(4-3-7)6-28-14(21,22)12(17,18)10(25)26/h1-4H,5-6H2,(H,23,24)(H,25,26)/p-2. The number of hydrogen-bond donors (Lipinski definition) is 0. The summed E-state index contributed by atoms with van der Waals surface area (Å²) in [6, 6.07) is 3.45. The maximum Gasteiger partial charge on any atom is 0.425 e. The van der Waals surface area contributed by atoms with Crippen molar-refractivity contribution in [3.05, 3.63) is 35.4 Å². The van der Waals surface area contributed by atoms with Crippen LogP contribution < -0.4 is 10.2 Å². The first-order chi connectivity index (χ1) is 12.5. The third-order valence-corrected chi connectivity index (χ3v) is 3.11. The molecule has 0 saturated carbocycles. The summed E-state index contributed by atoms with van der Waals surface area (Å²) >= 11 is 0. The van der Waals surface area contributed by atoms with E-state index in [1.54, 1.807) is 0 Å². The second-order valence-corrected chi connectivity index (χ2v) is 5.15. The number of carbonyl (C=O) groups is 2. The van der Waals surface area contributed by atoms with Crippen molar-refractivity contribution in [2.75, 3.05) is 0 Å². The Labute approximate surface area is 150 Å². The van der Waals surface area contributed by atoms with Crippen LogP contribution in [-0.4, -0.2) is 36.0 Å². The number of ether oxygens (including phenoxy) is 2. The van der Waals surface area contributed by atoms with Crippen molar-refractivity contribution in [1.29, 1.82) is 0 Å². The lowest BCUT2D eigenvalue weighted by Crippen LogP contribution is -2.55. The van der Waals surface area contributed by atoms with Crippen LogP contribution in [0.15, 0.2) is 24.3 Å². The maximum absolute atomic E-state index is 13.0. The Bertz CT molecular complexity index is 658. The molecule has 0 radical (unpaired) electrons. The number of carboxylic acids is 2. The van der Waals surface area contributed by atoms with E-state index in [0.29, 0.717) is 0 Å². The largest absolute Gasteiger partial charge is 0.544 e. The highest BCUT2D eigenvalue weighted by atomic mass is 19.3. The van der Waals surface area contributed by atoms with Gasteiger partial charge in [0.25, 0.3) is 0 Å². The fourth-order valence-electron chi connectivity index (χ4n) is 1.50. The number of carbonyl (C=O) groups excluding carboxylic acids is 2. The van der Waals surface area contributed by atoms with Crippen LogP contribution in [-0.2, 0) is 32.3 Å².